The summed E-state index contributed by atoms with van der Waals surface area (Å²) in [5.74, 6) is 0. The summed E-state index contributed by atoms with van der Waals surface area (Å²) in [7, 11) is 2.09. The van der Waals surface area contributed by atoms with Crippen molar-refractivity contribution < 1.29 is 33.3 Å². The molecule has 0 saturated heterocycles. The average Bonchev–Trinajstić information content (AvgIpc) is 2.83. The van der Waals surface area contributed by atoms with Gasteiger partial charge in [0.2, 0.25) is 5.51 Å². The van der Waals surface area contributed by atoms with Gasteiger partial charge in [-0.25, -0.2) is 0 Å². The molecule has 116 valence electrons. The number of hydrogen-bond acceptors (Lipinski definition) is 2. The van der Waals surface area contributed by atoms with Crippen LogP contribution in [-0.4, -0.2) is 6.61 Å². The molecular weight excluding hydrogens is 405 g/mol. The Hall–Kier alpha value is -0.980. The van der Waals surface area contributed by atoms with Gasteiger partial charge in [0, 0.05) is 13.3 Å². The number of fused-ring (bicyclic) bond motifs is 1. The fourth-order valence-corrected chi connectivity index (χ4v) is 3.47. The van der Waals surface area contributed by atoms with Gasteiger partial charge in [0.15, 0.2) is 5.69 Å². The van der Waals surface area contributed by atoms with Crippen LogP contribution in [-0.2, 0) is 24.8 Å². The van der Waals surface area contributed by atoms with E-state index in [1.807, 2.05) is 11.3 Å². The minimum absolute atomic E-state index is 0. The molecule has 3 aromatic rings. The Morgan fingerprint density at radius 3 is 2.64 bits per heavy atom. The first-order chi connectivity index (χ1) is 10.3. The van der Waals surface area contributed by atoms with Gasteiger partial charge in [-0.15, -0.1) is 0 Å². The van der Waals surface area contributed by atoms with Gasteiger partial charge >= 0.3 is 0 Å². The Kier molecular flexibility index (Phi) is 6.35. The molecule has 2 nitrogen and oxygen atoms in total. The molecule has 0 radical (unpaired) electrons. The van der Waals surface area contributed by atoms with Gasteiger partial charge in [0.25, 0.3) is 0 Å². The van der Waals surface area contributed by atoms with E-state index in [4.69, 9.17) is 4.74 Å². The molecule has 0 bridgehead atoms. The fraction of sp³-hybridized carbons (Fsp3) is 0.278. The third-order valence-corrected chi connectivity index (χ3v) is 5.10. The molecule has 0 spiro atoms. The largest absolute Gasteiger partial charge is 1.00 e. The lowest BCUT2D eigenvalue weighted by Crippen LogP contribution is -3.00. The normalized spacial score (nSPS) is 10.6. The molecule has 1 heterocycles. The minimum atomic E-state index is 0. The number of hydrogen-bond donors (Lipinski definition) is 0. The third kappa shape index (κ3) is 3.86. The zero-order valence-electron chi connectivity index (χ0n) is 12.9. The van der Waals surface area contributed by atoms with Gasteiger partial charge in [0.1, 0.15) is 7.05 Å². The number of benzene rings is 2. The smallest absolute Gasteiger partial charge is 0.224 e. The summed E-state index contributed by atoms with van der Waals surface area (Å²) in [6.45, 7) is 3.61. The van der Waals surface area contributed by atoms with Crippen LogP contribution in [0, 0.1) is 6.92 Å². The molecule has 0 aliphatic carbocycles. The van der Waals surface area contributed by atoms with Crippen molar-refractivity contribution in [1.82, 2.24) is 0 Å². The molecule has 0 aliphatic heterocycles. The van der Waals surface area contributed by atoms with Crippen molar-refractivity contribution in [2.75, 3.05) is 6.61 Å². The lowest BCUT2D eigenvalue weighted by molar-refractivity contribution is -0.673. The zero-order valence-corrected chi connectivity index (χ0v) is 15.9. The minimum Gasteiger partial charge on any atom is -1.00 e. The van der Waals surface area contributed by atoms with E-state index in [0.29, 0.717) is 6.61 Å². The highest BCUT2D eigenvalue weighted by Crippen LogP contribution is 2.19. The van der Waals surface area contributed by atoms with Crippen LogP contribution in [0.2, 0.25) is 0 Å². The molecule has 0 unspecified atom stereocenters. The predicted molar refractivity (Wildman–Crippen MR) is 87.5 cm³/mol. The molecule has 22 heavy (non-hydrogen) atoms. The second-order valence-electron chi connectivity index (χ2n) is 5.28. The van der Waals surface area contributed by atoms with E-state index >= 15 is 0 Å². The molecular formula is C18H20INOS. The lowest BCUT2D eigenvalue weighted by Gasteiger charge is -2.07. The van der Waals surface area contributed by atoms with Crippen molar-refractivity contribution in [1.29, 1.82) is 0 Å². The average molecular weight is 425 g/mol. The quantitative estimate of drug-likeness (QED) is 0.335. The zero-order chi connectivity index (χ0) is 14.7. The Morgan fingerprint density at radius 2 is 1.86 bits per heavy atom. The maximum Gasteiger partial charge on any atom is 0.224 e. The van der Waals surface area contributed by atoms with Gasteiger partial charge in [-0.1, -0.05) is 53.8 Å². The van der Waals surface area contributed by atoms with Crippen LogP contribution in [0.3, 0.4) is 0 Å². The first kappa shape index (κ1) is 17.4. The van der Waals surface area contributed by atoms with Crippen molar-refractivity contribution in [3.05, 3.63) is 64.1 Å². The number of aryl methyl sites for hydroxylation is 1. The van der Waals surface area contributed by atoms with Crippen molar-refractivity contribution in [3.63, 3.8) is 0 Å². The highest BCUT2D eigenvalue weighted by atomic mass is 127. The topological polar surface area (TPSA) is 13.1 Å². The number of halogens is 1. The summed E-state index contributed by atoms with van der Waals surface area (Å²) in [5.41, 5.74) is 4.75. The first-order valence-corrected chi connectivity index (χ1v) is 8.10. The maximum absolute atomic E-state index is 5.89. The molecule has 0 saturated carbocycles. The van der Waals surface area contributed by atoms with Gasteiger partial charge in [-0.05, 0) is 16.3 Å². The summed E-state index contributed by atoms with van der Waals surface area (Å²) in [4.78, 5) is 1.41. The van der Waals surface area contributed by atoms with E-state index in [-0.39, 0.29) is 24.0 Å². The summed E-state index contributed by atoms with van der Waals surface area (Å²) in [6.07, 6.45) is 0.988. The fourth-order valence-electron chi connectivity index (χ4n) is 2.51. The van der Waals surface area contributed by atoms with Crippen LogP contribution in [0.15, 0.2) is 48.0 Å². The number of ether oxygens (including phenoxy) is 1. The Bertz CT molecular complexity index is 748. The standard InChI is InChI=1S/C18H20NOS.HI/c1-14-18(21-13-19(14)2)10-11-20-12-16-8-5-7-15-6-3-4-9-17(15)16;/h3-9,13H,10-12H2,1-2H3;1H/q+1;/p-1. The van der Waals surface area contributed by atoms with E-state index in [1.54, 1.807) is 0 Å². The van der Waals surface area contributed by atoms with Crippen LogP contribution in [0.5, 0.6) is 0 Å². The number of nitrogens with zero attached hydrogens (tertiary/aromatic N) is 1. The molecule has 0 amide bonds. The molecule has 0 fully saturated rings. The first-order valence-electron chi connectivity index (χ1n) is 7.22. The molecule has 2 aromatic carbocycles. The molecule has 0 atom stereocenters. The van der Waals surface area contributed by atoms with E-state index < -0.39 is 0 Å². The molecule has 1 aromatic heterocycles. The summed E-state index contributed by atoms with van der Waals surface area (Å²) < 4.78 is 8.06. The molecule has 3 rings (SSSR count). The van der Waals surface area contributed by atoms with Crippen molar-refractivity contribution >= 4 is 22.1 Å². The Balaban J connectivity index is 0.00000176. The van der Waals surface area contributed by atoms with E-state index in [1.165, 1.54) is 26.9 Å². The monoisotopic (exact) mass is 425 g/mol. The summed E-state index contributed by atoms with van der Waals surface area (Å²) in [5, 5.41) is 2.57. The number of aromatic nitrogens is 1. The van der Waals surface area contributed by atoms with Gasteiger partial charge < -0.3 is 28.7 Å². The molecule has 0 N–H and O–H groups in total. The molecule has 0 aliphatic rings. The highest BCUT2D eigenvalue weighted by molar-refractivity contribution is 7.09. The van der Waals surface area contributed by atoms with Crippen molar-refractivity contribution in [2.45, 2.75) is 20.0 Å². The number of thiazole rings is 1. The van der Waals surface area contributed by atoms with E-state index in [0.717, 1.165) is 13.0 Å². The number of rotatable bonds is 5. The third-order valence-electron chi connectivity index (χ3n) is 3.90. The van der Waals surface area contributed by atoms with Crippen LogP contribution >= 0.6 is 11.3 Å². The second kappa shape index (κ2) is 8.04. The van der Waals surface area contributed by atoms with Crippen LogP contribution in [0.25, 0.3) is 10.8 Å². The maximum atomic E-state index is 5.89. The predicted octanol–water partition coefficient (Wildman–Crippen LogP) is 0.798. The van der Waals surface area contributed by atoms with Gasteiger partial charge in [-0.2, -0.15) is 4.57 Å². The SMILES string of the molecule is Cc1c(CCOCc2cccc3ccccc23)sc[n+]1C.[I-]. The summed E-state index contributed by atoms with van der Waals surface area (Å²) >= 11 is 1.81. The Morgan fingerprint density at radius 1 is 1.09 bits per heavy atom. The highest BCUT2D eigenvalue weighted by Gasteiger charge is 2.10. The van der Waals surface area contributed by atoms with E-state index in [2.05, 4.69) is 66.5 Å². The van der Waals surface area contributed by atoms with Crippen LogP contribution in [0.1, 0.15) is 16.1 Å². The second-order valence-corrected chi connectivity index (χ2v) is 6.22. The lowest BCUT2D eigenvalue weighted by atomic mass is 10.1. The van der Waals surface area contributed by atoms with Crippen LogP contribution < -0.4 is 28.5 Å². The molecule has 4 heteroatoms. The summed E-state index contributed by atoms with van der Waals surface area (Å²) in [6, 6.07) is 14.9. The van der Waals surface area contributed by atoms with Gasteiger partial charge in [0.05, 0.1) is 18.1 Å². The van der Waals surface area contributed by atoms with Crippen molar-refractivity contribution in [3.8, 4) is 0 Å². The van der Waals surface area contributed by atoms with E-state index in [9.17, 15) is 0 Å². The van der Waals surface area contributed by atoms with Crippen LogP contribution in [0.4, 0.5) is 0 Å². The van der Waals surface area contributed by atoms with Gasteiger partial charge in [-0.3, -0.25) is 0 Å². The Labute approximate surface area is 152 Å². The van der Waals surface area contributed by atoms with Crippen molar-refractivity contribution in [2.24, 2.45) is 7.05 Å².